The second-order valence-corrected chi connectivity index (χ2v) is 7.95. The first-order chi connectivity index (χ1) is 12.4. The molecule has 0 aromatic carbocycles. The summed E-state index contributed by atoms with van der Waals surface area (Å²) in [4.78, 5) is 28.6. The van der Waals surface area contributed by atoms with Crippen molar-refractivity contribution < 1.29 is 27.9 Å². The molecule has 1 aromatic heterocycles. The Morgan fingerprint density at radius 1 is 1.23 bits per heavy atom. The molecule has 0 unspecified atom stereocenters. The van der Waals surface area contributed by atoms with Crippen LogP contribution in [0.15, 0.2) is 24.4 Å². The van der Waals surface area contributed by atoms with E-state index in [1.807, 2.05) is 0 Å². The van der Waals surface area contributed by atoms with Crippen LogP contribution in [-0.2, 0) is 30.9 Å². The van der Waals surface area contributed by atoms with E-state index >= 15 is 0 Å². The SMILES string of the molecule is O=C(O)CCC(=O)N(CCS(=O)(=O)N1CCOCC1)Cc1ccccn1. The van der Waals surface area contributed by atoms with Crippen molar-refractivity contribution in [3.05, 3.63) is 30.1 Å². The summed E-state index contributed by atoms with van der Waals surface area (Å²) in [5, 5.41) is 8.77. The van der Waals surface area contributed by atoms with E-state index in [9.17, 15) is 18.0 Å². The van der Waals surface area contributed by atoms with Gasteiger partial charge in [0.25, 0.3) is 0 Å². The van der Waals surface area contributed by atoms with Crippen LogP contribution in [0.4, 0.5) is 0 Å². The molecule has 0 radical (unpaired) electrons. The molecular formula is C16H23N3O6S. The number of nitrogens with zero attached hydrogens (tertiary/aromatic N) is 3. The molecule has 0 bridgehead atoms. The Hall–Kier alpha value is -2.04. The smallest absolute Gasteiger partial charge is 0.303 e. The number of morpholine rings is 1. The maximum absolute atomic E-state index is 12.5. The Kier molecular flexibility index (Phi) is 7.49. The van der Waals surface area contributed by atoms with Gasteiger partial charge in [-0.2, -0.15) is 4.31 Å². The van der Waals surface area contributed by atoms with Gasteiger partial charge >= 0.3 is 5.97 Å². The topological polar surface area (TPSA) is 117 Å². The number of carboxylic acids is 1. The summed E-state index contributed by atoms with van der Waals surface area (Å²) in [6.45, 7) is 1.43. The molecular weight excluding hydrogens is 362 g/mol. The van der Waals surface area contributed by atoms with Crippen LogP contribution < -0.4 is 0 Å². The van der Waals surface area contributed by atoms with Crippen LogP contribution in [0.25, 0.3) is 0 Å². The van der Waals surface area contributed by atoms with Gasteiger partial charge < -0.3 is 14.7 Å². The van der Waals surface area contributed by atoms with Gasteiger partial charge in [-0.3, -0.25) is 14.6 Å². The second kappa shape index (κ2) is 9.60. The van der Waals surface area contributed by atoms with Gasteiger partial charge in [-0.15, -0.1) is 0 Å². The Labute approximate surface area is 152 Å². The zero-order valence-electron chi connectivity index (χ0n) is 14.4. The number of ether oxygens (including phenoxy) is 1. The monoisotopic (exact) mass is 385 g/mol. The van der Waals surface area contributed by atoms with Crippen LogP contribution in [0.1, 0.15) is 18.5 Å². The normalized spacial score (nSPS) is 15.5. The number of sulfonamides is 1. The third-order valence-electron chi connectivity index (χ3n) is 3.97. The lowest BCUT2D eigenvalue weighted by Gasteiger charge is -2.28. The van der Waals surface area contributed by atoms with Gasteiger partial charge in [0, 0.05) is 32.3 Å². The second-order valence-electron chi connectivity index (χ2n) is 5.86. The molecule has 1 aliphatic heterocycles. The molecule has 9 nitrogen and oxygen atoms in total. The van der Waals surface area contributed by atoms with Gasteiger partial charge in [0.1, 0.15) is 0 Å². The van der Waals surface area contributed by atoms with E-state index in [1.54, 1.807) is 24.4 Å². The van der Waals surface area contributed by atoms with Crippen LogP contribution >= 0.6 is 0 Å². The number of carbonyl (C=O) groups excluding carboxylic acids is 1. The van der Waals surface area contributed by atoms with Crippen molar-refractivity contribution in [1.82, 2.24) is 14.2 Å². The Morgan fingerprint density at radius 3 is 2.58 bits per heavy atom. The average molecular weight is 385 g/mol. The quantitative estimate of drug-likeness (QED) is 0.633. The highest BCUT2D eigenvalue weighted by Crippen LogP contribution is 2.10. The number of carbonyl (C=O) groups is 2. The third kappa shape index (κ3) is 6.36. The number of rotatable bonds is 9. The molecule has 0 saturated carbocycles. The zero-order chi connectivity index (χ0) is 19.0. The zero-order valence-corrected chi connectivity index (χ0v) is 15.2. The summed E-state index contributed by atoms with van der Waals surface area (Å²) in [6, 6.07) is 5.24. The molecule has 2 heterocycles. The highest BCUT2D eigenvalue weighted by molar-refractivity contribution is 7.89. The number of aliphatic carboxylic acids is 1. The summed E-state index contributed by atoms with van der Waals surface area (Å²) < 4.78 is 31.4. The van der Waals surface area contributed by atoms with E-state index in [0.717, 1.165) is 0 Å². The van der Waals surface area contributed by atoms with E-state index in [1.165, 1.54) is 9.21 Å². The molecule has 1 saturated heterocycles. The number of hydrogen-bond acceptors (Lipinski definition) is 6. The first kappa shape index (κ1) is 20.3. The molecule has 2 rings (SSSR count). The standard InChI is InChI=1S/C16H23N3O6S/c20-15(4-5-16(21)22)18(13-14-3-1-2-6-17-14)9-12-26(23,24)19-7-10-25-11-8-19/h1-3,6H,4-5,7-13H2,(H,21,22). The van der Waals surface area contributed by atoms with Crippen LogP contribution in [-0.4, -0.2) is 78.2 Å². The van der Waals surface area contributed by atoms with Crippen molar-refractivity contribution in [3.8, 4) is 0 Å². The molecule has 1 fully saturated rings. The fraction of sp³-hybridized carbons (Fsp3) is 0.562. The van der Waals surface area contributed by atoms with Gasteiger partial charge in [0.2, 0.25) is 15.9 Å². The fourth-order valence-electron chi connectivity index (χ4n) is 2.53. The summed E-state index contributed by atoms with van der Waals surface area (Å²) in [5.41, 5.74) is 0.611. The lowest BCUT2D eigenvalue weighted by molar-refractivity contribution is -0.141. The molecule has 1 aromatic rings. The Bertz CT molecular complexity index is 704. The molecule has 0 spiro atoms. The van der Waals surface area contributed by atoms with Crippen LogP contribution in [0.2, 0.25) is 0 Å². The van der Waals surface area contributed by atoms with Gasteiger partial charge in [-0.1, -0.05) is 6.07 Å². The van der Waals surface area contributed by atoms with Crippen molar-refractivity contribution in [2.24, 2.45) is 0 Å². The van der Waals surface area contributed by atoms with Crippen molar-refractivity contribution in [2.45, 2.75) is 19.4 Å². The molecule has 0 aliphatic carbocycles. The van der Waals surface area contributed by atoms with E-state index < -0.39 is 21.9 Å². The predicted molar refractivity (Wildman–Crippen MR) is 92.7 cm³/mol. The van der Waals surface area contributed by atoms with Gasteiger partial charge in [0.05, 0.1) is 37.6 Å². The Morgan fingerprint density at radius 2 is 1.96 bits per heavy atom. The van der Waals surface area contributed by atoms with Gasteiger partial charge in [-0.05, 0) is 12.1 Å². The molecule has 0 atom stereocenters. The highest BCUT2D eigenvalue weighted by Gasteiger charge is 2.26. The average Bonchev–Trinajstić information content (AvgIpc) is 2.64. The lowest BCUT2D eigenvalue weighted by Crippen LogP contribution is -2.44. The number of pyridine rings is 1. The third-order valence-corrected chi connectivity index (χ3v) is 5.82. The first-order valence-corrected chi connectivity index (χ1v) is 9.94. The molecule has 1 amide bonds. The van der Waals surface area contributed by atoms with Crippen LogP contribution in [0.3, 0.4) is 0 Å². The van der Waals surface area contributed by atoms with Crippen LogP contribution in [0, 0.1) is 0 Å². The molecule has 26 heavy (non-hydrogen) atoms. The minimum absolute atomic E-state index is 0.0191. The number of hydrogen-bond donors (Lipinski definition) is 1. The maximum atomic E-state index is 12.5. The molecule has 144 valence electrons. The number of aromatic nitrogens is 1. The van der Waals surface area contributed by atoms with E-state index in [2.05, 4.69) is 4.98 Å². The van der Waals surface area contributed by atoms with Crippen molar-refractivity contribution >= 4 is 21.9 Å². The van der Waals surface area contributed by atoms with Gasteiger partial charge in [-0.25, -0.2) is 8.42 Å². The maximum Gasteiger partial charge on any atom is 0.303 e. The summed E-state index contributed by atoms with van der Waals surface area (Å²) in [7, 11) is -3.51. The number of carboxylic acid groups (broad SMARTS) is 1. The molecule has 1 N–H and O–H groups in total. The van der Waals surface area contributed by atoms with Crippen LogP contribution in [0.5, 0.6) is 0 Å². The van der Waals surface area contributed by atoms with Crippen molar-refractivity contribution in [2.75, 3.05) is 38.6 Å². The van der Waals surface area contributed by atoms with Gasteiger partial charge in [0.15, 0.2) is 0 Å². The minimum Gasteiger partial charge on any atom is -0.481 e. The van der Waals surface area contributed by atoms with Crippen molar-refractivity contribution in [1.29, 1.82) is 0 Å². The Balaban J connectivity index is 2.02. The summed E-state index contributed by atoms with van der Waals surface area (Å²) >= 11 is 0. The largest absolute Gasteiger partial charge is 0.481 e. The lowest BCUT2D eigenvalue weighted by atomic mass is 10.2. The van der Waals surface area contributed by atoms with Crippen molar-refractivity contribution in [3.63, 3.8) is 0 Å². The van der Waals surface area contributed by atoms with E-state index in [0.29, 0.717) is 32.0 Å². The fourth-order valence-corrected chi connectivity index (χ4v) is 3.95. The number of amides is 1. The first-order valence-electron chi connectivity index (χ1n) is 8.33. The minimum atomic E-state index is -3.51. The van der Waals surface area contributed by atoms with E-state index in [-0.39, 0.29) is 31.7 Å². The summed E-state index contributed by atoms with van der Waals surface area (Å²) in [5.74, 6) is -1.70. The summed E-state index contributed by atoms with van der Waals surface area (Å²) in [6.07, 6.45) is 1.10. The molecule has 1 aliphatic rings. The predicted octanol–water partition coefficient (Wildman–Crippen LogP) is -0.0630. The van der Waals surface area contributed by atoms with E-state index in [4.69, 9.17) is 9.84 Å². The molecule has 10 heteroatoms. The highest BCUT2D eigenvalue weighted by atomic mass is 32.2.